The van der Waals surface area contributed by atoms with Crippen molar-refractivity contribution in [3.05, 3.63) is 24.3 Å². The molecule has 10 heteroatoms. The Morgan fingerprint density at radius 2 is 1.74 bits per heavy atom. The third kappa shape index (κ3) is 6.72. The van der Waals surface area contributed by atoms with Gasteiger partial charge in [-0.1, -0.05) is 0 Å². The number of ether oxygens (including phenoxy) is 1. The van der Waals surface area contributed by atoms with Gasteiger partial charge in [-0.2, -0.15) is 0 Å². The van der Waals surface area contributed by atoms with E-state index < -0.39 is 6.36 Å². The summed E-state index contributed by atoms with van der Waals surface area (Å²) in [5.41, 5.74) is 0.407. The van der Waals surface area contributed by atoms with Gasteiger partial charge in [0.05, 0.1) is 0 Å². The standard InChI is InChI=1S/C17H23F3N4O3/c1-12(24-9-7-23(8-10-24)11-15(25)21-2)16(26)22-13-3-5-14(6-4-13)27-17(18,19)20/h3-6,12H,7-11H2,1-2H3,(H,21,25)(H,22,26)/p+2/t12-/m0/s1. The molecule has 27 heavy (non-hydrogen) atoms. The van der Waals surface area contributed by atoms with Gasteiger partial charge in [0.2, 0.25) is 0 Å². The van der Waals surface area contributed by atoms with Crippen molar-refractivity contribution < 1.29 is 37.3 Å². The maximum Gasteiger partial charge on any atom is 0.573 e. The van der Waals surface area contributed by atoms with Gasteiger partial charge in [0.25, 0.3) is 11.8 Å². The normalized spacial score (nSPS) is 21.2. The lowest BCUT2D eigenvalue weighted by Gasteiger charge is -2.32. The number of piperazine rings is 1. The maximum atomic E-state index is 12.4. The Hall–Kier alpha value is -2.33. The molecule has 0 radical (unpaired) electrons. The van der Waals surface area contributed by atoms with Crippen LogP contribution in [0.5, 0.6) is 5.75 Å². The van der Waals surface area contributed by atoms with Crippen molar-refractivity contribution in [3.8, 4) is 5.75 Å². The number of halogens is 3. The summed E-state index contributed by atoms with van der Waals surface area (Å²) in [6, 6.07) is 4.74. The average molecular weight is 390 g/mol. The number of benzene rings is 1. The van der Waals surface area contributed by atoms with E-state index in [0.29, 0.717) is 12.2 Å². The van der Waals surface area contributed by atoms with E-state index >= 15 is 0 Å². The van der Waals surface area contributed by atoms with Crippen LogP contribution >= 0.6 is 0 Å². The first-order valence-corrected chi connectivity index (χ1v) is 8.73. The van der Waals surface area contributed by atoms with Crippen molar-refractivity contribution in [1.29, 1.82) is 0 Å². The molecule has 2 rings (SSSR count). The highest BCUT2D eigenvalue weighted by Gasteiger charge is 2.32. The Morgan fingerprint density at radius 3 is 2.26 bits per heavy atom. The molecule has 1 aliphatic heterocycles. The molecule has 7 nitrogen and oxygen atoms in total. The smallest absolute Gasteiger partial charge is 0.406 e. The van der Waals surface area contributed by atoms with Crippen LogP contribution in [0.3, 0.4) is 0 Å². The van der Waals surface area contributed by atoms with Gasteiger partial charge >= 0.3 is 6.36 Å². The van der Waals surface area contributed by atoms with Gasteiger partial charge in [-0.15, -0.1) is 13.2 Å². The van der Waals surface area contributed by atoms with E-state index in [1.807, 2.05) is 6.92 Å². The number of hydrogen-bond donors (Lipinski definition) is 4. The number of nitrogens with one attached hydrogen (secondary N) is 4. The summed E-state index contributed by atoms with van der Waals surface area (Å²) in [7, 11) is 1.61. The van der Waals surface area contributed by atoms with Gasteiger partial charge in [-0.05, 0) is 31.2 Å². The zero-order valence-corrected chi connectivity index (χ0v) is 15.3. The Balaban J connectivity index is 1.83. The Bertz CT molecular complexity index is 644. The fraction of sp³-hybridized carbons (Fsp3) is 0.529. The Labute approximate surface area is 155 Å². The van der Waals surface area contributed by atoms with Crippen LogP contribution in [0.25, 0.3) is 0 Å². The minimum atomic E-state index is -4.75. The molecular formula is C17H25F3N4O3+2. The molecule has 0 spiro atoms. The molecule has 1 aromatic carbocycles. The molecule has 0 unspecified atom stereocenters. The van der Waals surface area contributed by atoms with Crippen LogP contribution in [-0.2, 0) is 9.59 Å². The number of carbonyl (C=O) groups excluding carboxylic acids is 2. The second-order valence-corrected chi connectivity index (χ2v) is 6.54. The number of anilines is 1. The van der Waals surface area contributed by atoms with Gasteiger partial charge < -0.3 is 25.2 Å². The molecule has 1 aliphatic rings. The van der Waals surface area contributed by atoms with Crippen molar-refractivity contribution >= 4 is 17.5 Å². The molecule has 1 saturated heterocycles. The van der Waals surface area contributed by atoms with E-state index in [1.165, 1.54) is 17.0 Å². The summed E-state index contributed by atoms with van der Waals surface area (Å²) in [6.45, 7) is 5.36. The molecule has 0 aliphatic carbocycles. The summed E-state index contributed by atoms with van der Waals surface area (Å²) in [6.07, 6.45) is -4.75. The third-order valence-electron chi connectivity index (χ3n) is 4.65. The molecule has 1 aromatic rings. The highest BCUT2D eigenvalue weighted by molar-refractivity contribution is 5.93. The molecule has 2 amide bonds. The van der Waals surface area contributed by atoms with Gasteiger partial charge in [0, 0.05) is 12.7 Å². The Kier molecular flexibility index (Phi) is 7.03. The molecular weight excluding hydrogens is 365 g/mol. The monoisotopic (exact) mass is 390 g/mol. The molecule has 0 saturated carbocycles. The SMILES string of the molecule is CNC(=O)C[NH+]1CC[NH+]([C@@H](C)C(=O)Nc2ccc(OC(F)(F)F)cc2)CC1. The topological polar surface area (TPSA) is 76.3 Å². The van der Waals surface area contributed by atoms with Crippen molar-refractivity contribution in [2.24, 2.45) is 0 Å². The minimum absolute atomic E-state index is 0.00260. The van der Waals surface area contributed by atoms with Crippen LogP contribution in [0.2, 0.25) is 0 Å². The van der Waals surface area contributed by atoms with E-state index in [-0.39, 0.29) is 23.6 Å². The molecule has 1 heterocycles. The number of rotatable bonds is 6. The summed E-state index contributed by atoms with van der Waals surface area (Å²) in [4.78, 5) is 26.2. The first-order chi connectivity index (χ1) is 12.7. The van der Waals surface area contributed by atoms with Crippen LogP contribution in [0.4, 0.5) is 18.9 Å². The second kappa shape index (κ2) is 9.05. The third-order valence-corrected chi connectivity index (χ3v) is 4.65. The number of likely N-dealkylation sites (N-methyl/N-ethyl adjacent to an activating group) is 1. The van der Waals surface area contributed by atoms with Crippen molar-refractivity contribution in [2.45, 2.75) is 19.3 Å². The van der Waals surface area contributed by atoms with Crippen LogP contribution in [0, 0.1) is 0 Å². The lowest BCUT2D eigenvalue weighted by molar-refractivity contribution is -1.01. The number of amides is 2. The highest BCUT2D eigenvalue weighted by atomic mass is 19.4. The maximum absolute atomic E-state index is 12.4. The van der Waals surface area contributed by atoms with Gasteiger partial charge in [-0.3, -0.25) is 9.59 Å². The first-order valence-electron chi connectivity index (χ1n) is 8.73. The molecule has 0 bridgehead atoms. The Morgan fingerprint density at radius 1 is 1.15 bits per heavy atom. The fourth-order valence-corrected chi connectivity index (χ4v) is 3.03. The van der Waals surface area contributed by atoms with Gasteiger partial charge in [-0.25, -0.2) is 0 Å². The molecule has 1 atom stereocenters. The predicted molar refractivity (Wildman–Crippen MR) is 91.5 cm³/mol. The zero-order valence-electron chi connectivity index (χ0n) is 15.3. The predicted octanol–water partition coefficient (Wildman–Crippen LogP) is -1.56. The number of quaternary nitrogens is 2. The first kappa shape index (κ1) is 21.0. The number of carbonyl (C=O) groups is 2. The summed E-state index contributed by atoms with van der Waals surface area (Å²) in [5, 5.41) is 5.32. The summed E-state index contributed by atoms with van der Waals surface area (Å²) >= 11 is 0. The van der Waals surface area contributed by atoms with Crippen LogP contribution in [-0.4, -0.2) is 64.0 Å². The molecule has 1 fully saturated rings. The van der Waals surface area contributed by atoms with Crippen LogP contribution in [0.1, 0.15) is 6.92 Å². The quantitative estimate of drug-likeness (QED) is 0.475. The highest BCUT2D eigenvalue weighted by Crippen LogP contribution is 2.23. The number of alkyl halides is 3. The zero-order chi connectivity index (χ0) is 20.0. The summed E-state index contributed by atoms with van der Waals surface area (Å²) in [5.74, 6) is -0.546. The van der Waals surface area contributed by atoms with Gasteiger partial charge in [0.1, 0.15) is 31.9 Å². The van der Waals surface area contributed by atoms with Crippen molar-refractivity contribution in [2.75, 3.05) is 45.1 Å². The molecule has 4 N–H and O–H groups in total. The van der Waals surface area contributed by atoms with Crippen LogP contribution in [0.15, 0.2) is 24.3 Å². The lowest BCUT2D eigenvalue weighted by Crippen LogP contribution is -3.30. The minimum Gasteiger partial charge on any atom is -0.406 e. The van der Waals surface area contributed by atoms with E-state index in [9.17, 15) is 22.8 Å². The van der Waals surface area contributed by atoms with Crippen LogP contribution < -0.4 is 25.2 Å². The molecule has 0 aromatic heterocycles. The van der Waals surface area contributed by atoms with E-state index in [0.717, 1.165) is 43.2 Å². The largest absolute Gasteiger partial charge is 0.573 e. The number of hydrogen-bond acceptors (Lipinski definition) is 3. The van der Waals surface area contributed by atoms with Crippen molar-refractivity contribution in [3.63, 3.8) is 0 Å². The average Bonchev–Trinajstić information content (AvgIpc) is 2.62. The fourth-order valence-electron chi connectivity index (χ4n) is 3.03. The van der Waals surface area contributed by atoms with Gasteiger partial charge in [0.15, 0.2) is 12.6 Å². The van der Waals surface area contributed by atoms with Crippen molar-refractivity contribution in [1.82, 2.24) is 5.32 Å². The van der Waals surface area contributed by atoms with E-state index in [4.69, 9.17) is 0 Å². The summed E-state index contributed by atoms with van der Waals surface area (Å²) < 4.78 is 40.3. The van der Waals surface area contributed by atoms with E-state index in [2.05, 4.69) is 15.4 Å². The second-order valence-electron chi connectivity index (χ2n) is 6.54. The molecule has 150 valence electrons. The lowest BCUT2D eigenvalue weighted by atomic mass is 10.2. The van der Waals surface area contributed by atoms with E-state index in [1.54, 1.807) is 7.05 Å².